The highest BCUT2D eigenvalue weighted by molar-refractivity contribution is 6.60. The average Bonchev–Trinajstić information content (AvgIpc) is 2.84. The first-order chi connectivity index (χ1) is 16.2. The second-order valence-electron chi connectivity index (χ2n) is 7.86. The van der Waals surface area contributed by atoms with Crippen molar-refractivity contribution in [3.63, 3.8) is 0 Å². The molecular formula is C20H46N4O8Si2. The fraction of sp³-hybridized carbons (Fsp3) is 0.900. The Morgan fingerprint density at radius 1 is 0.529 bits per heavy atom. The topological polar surface area (TPSA) is 148 Å². The summed E-state index contributed by atoms with van der Waals surface area (Å²) in [5.74, 6) is 0. The fourth-order valence-corrected chi connectivity index (χ4v) is 7.12. The van der Waals surface area contributed by atoms with E-state index in [-0.39, 0.29) is 0 Å². The Morgan fingerprint density at radius 2 is 0.794 bits per heavy atom. The van der Waals surface area contributed by atoms with Crippen molar-refractivity contribution in [1.29, 1.82) is 0 Å². The van der Waals surface area contributed by atoms with Crippen LogP contribution in [-0.4, -0.2) is 108 Å². The molecule has 202 valence electrons. The minimum atomic E-state index is -2.66. The van der Waals surface area contributed by atoms with Gasteiger partial charge in [0.15, 0.2) is 0 Å². The van der Waals surface area contributed by atoms with Gasteiger partial charge in [-0.1, -0.05) is 12.8 Å². The quantitative estimate of drug-likeness (QED) is 0.170. The highest BCUT2D eigenvalue weighted by atomic mass is 28.4. The van der Waals surface area contributed by atoms with Gasteiger partial charge < -0.3 is 47.8 Å². The van der Waals surface area contributed by atoms with Crippen LogP contribution in [-0.2, 0) is 26.6 Å². The Hall–Kier alpha value is -1.27. The zero-order chi connectivity index (χ0) is 26.0. The smallest absolute Gasteiger partial charge is 0.377 e. The lowest BCUT2D eigenvalue weighted by molar-refractivity contribution is 0.121. The summed E-state index contributed by atoms with van der Waals surface area (Å²) in [6, 6.07) is 0.322. The van der Waals surface area contributed by atoms with Crippen LogP contribution in [0.3, 0.4) is 0 Å². The molecule has 0 aliphatic heterocycles. The Balaban J connectivity index is 4.29. The number of urea groups is 2. The summed E-state index contributed by atoms with van der Waals surface area (Å²) in [7, 11) is 4.10. The minimum absolute atomic E-state index is 0.442. The van der Waals surface area contributed by atoms with Gasteiger partial charge in [0, 0.05) is 80.9 Å². The molecule has 0 saturated heterocycles. The molecule has 14 heteroatoms. The predicted octanol–water partition coefficient (Wildman–Crippen LogP) is 1.84. The third-order valence-electron chi connectivity index (χ3n) is 5.92. The maximum absolute atomic E-state index is 11.8. The first-order valence-corrected chi connectivity index (χ1v) is 15.4. The van der Waals surface area contributed by atoms with Gasteiger partial charge in [-0.15, -0.1) is 0 Å². The lowest BCUT2D eigenvalue weighted by Gasteiger charge is -2.26. The summed E-state index contributed by atoms with van der Waals surface area (Å²) in [6.45, 7) is 2.19. The van der Waals surface area contributed by atoms with Crippen LogP contribution in [0.1, 0.15) is 38.5 Å². The summed E-state index contributed by atoms with van der Waals surface area (Å²) in [4.78, 5) is 26.8. The number of unbranched alkanes of at least 4 members (excludes halogenated alkanes) is 3. The molecule has 0 unspecified atom stereocenters. The molecule has 34 heavy (non-hydrogen) atoms. The molecule has 0 heterocycles. The summed E-state index contributed by atoms with van der Waals surface area (Å²) in [5, 5.41) is 0. The molecule has 0 radical (unpaired) electrons. The highest BCUT2D eigenvalue weighted by Gasteiger charge is 2.38. The summed E-state index contributed by atoms with van der Waals surface area (Å²) in [5.41, 5.74) is 11.1. The van der Waals surface area contributed by atoms with E-state index in [2.05, 4.69) is 0 Å². The molecule has 0 aliphatic rings. The first-order valence-electron chi connectivity index (χ1n) is 11.6. The van der Waals surface area contributed by atoms with Crippen LogP contribution < -0.4 is 11.5 Å². The standard InChI is InChI=1S/C20H46N4O8Si2/c1-27-33(28-2,29-3)17-11-15-23(19(21)25)13-9-7-8-10-14-24(20(22)26)16-12-18-34(30-4,31-5)32-6/h7-18H2,1-6H3,(H2,21,25)(H2,22,26). The van der Waals surface area contributed by atoms with E-state index in [0.29, 0.717) is 51.1 Å². The minimum Gasteiger partial charge on any atom is -0.377 e. The molecule has 0 saturated carbocycles. The average molecular weight is 527 g/mol. The molecule has 4 amide bonds. The van der Waals surface area contributed by atoms with Crippen molar-refractivity contribution in [2.45, 2.75) is 50.6 Å². The lowest BCUT2D eigenvalue weighted by atomic mass is 10.1. The van der Waals surface area contributed by atoms with Crippen molar-refractivity contribution in [3.8, 4) is 0 Å². The molecule has 0 aromatic rings. The zero-order valence-electron chi connectivity index (χ0n) is 21.8. The predicted molar refractivity (Wildman–Crippen MR) is 133 cm³/mol. The van der Waals surface area contributed by atoms with Crippen LogP contribution in [0.5, 0.6) is 0 Å². The van der Waals surface area contributed by atoms with Crippen LogP contribution in [0.4, 0.5) is 9.59 Å². The largest absolute Gasteiger partial charge is 0.500 e. The monoisotopic (exact) mass is 526 g/mol. The number of carbonyl (C=O) groups is 2. The van der Waals surface area contributed by atoms with Crippen molar-refractivity contribution in [3.05, 3.63) is 0 Å². The van der Waals surface area contributed by atoms with Crippen LogP contribution >= 0.6 is 0 Å². The molecule has 0 aromatic heterocycles. The second kappa shape index (κ2) is 18.1. The van der Waals surface area contributed by atoms with Crippen molar-refractivity contribution >= 4 is 29.7 Å². The zero-order valence-corrected chi connectivity index (χ0v) is 23.8. The van der Waals surface area contributed by atoms with Crippen molar-refractivity contribution < 1.29 is 36.1 Å². The fourth-order valence-electron chi connectivity index (χ4n) is 3.71. The summed E-state index contributed by atoms with van der Waals surface area (Å²) < 4.78 is 32.4. The number of carbonyl (C=O) groups excluding carboxylic acids is 2. The number of amides is 4. The Labute approximate surface area is 206 Å². The SMILES string of the molecule is CO[Si](CCCN(CCCCCCN(CCC[Si](OC)(OC)OC)C(N)=O)C(N)=O)(OC)OC. The number of nitrogens with zero attached hydrogens (tertiary/aromatic N) is 2. The van der Waals surface area contributed by atoms with E-state index in [1.165, 1.54) is 0 Å². The lowest BCUT2D eigenvalue weighted by Crippen LogP contribution is -2.44. The maximum Gasteiger partial charge on any atom is 0.500 e. The first kappa shape index (κ1) is 32.7. The number of nitrogens with two attached hydrogens (primary N) is 2. The second-order valence-corrected chi connectivity index (χ2v) is 14.0. The van der Waals surface area contributed by atoms with Crippen molar-refractivity contribution in [1.82, 2.24) is 9.80 Å². The van der Waals surface area contributed by atoms with E-state index in [0.717, 1.165) is 25.7 Å². The van der Waals surface area contributed by atoms with E-state index in [9.17, 15) is 9.59 Å². The number of hydrogen-bond donors (Lipinski definition) is 2. The highest BCUT2D eigenvalue weighted by Crippen LogP contribution is 2.17. The van der Waals surface area contributed by atoms with Gasteiger partial charge in [-0.25, -0.2) is 9.59 Å². The van der Waals surface area contributed by atoms with Crippen LogP contribution in [0, 0.1) is 0 Å². The number of primary amides is 2. The third kappa shape index (κ3) is 11.9. The molecule has 12 nitrogen and oxygen atoms in total. The van der Waals surface area contributed by atoms with Crippen molar-refractivity contribution in [2.75, 3.05) is 68.8 Å². The number of hydrogen-bond acceptors (Lipinski definition) is 8. The molecule has 4 N–H and O–H groups in total. The molecule has 0 rings (SSSR count). The van der Waals surface area contributed by atoms with Gasteiger partial charge >= 0.3 is 29.7 Å². The number of rotatable bonds is 21. The molecule has 0 aliphatic carbocycles. The van der Waals surface area contributed by atoms with Crippen LogP contribution in [0.25, 0.3) is 0 Å². The van der Waals surface area contributed by atoms with Gasteiger partial charge in [0.2, 0.25) is 0 Å². The van der Waals surface area contributed by atoms with E-state index < -0.39 is 29.7 Å². The maximum atomic E-state index is 11.8. The molecule has 0 bridgehead atoms. The van der Waals surface area contributed by atoms with Crippen LogP contribution in [0.2, 0.25) is 12.1 Å². The molecule has 0 spiro atoms. The van der Waals surface area contributed by atoms with Crippen molar-refractivity contribution in [2.24, 2.45) is 11.5 Å². The van der Waals surface area contributed by atoms with Gasteiger partial charge in [0.1, 0.15) is 0 Å². The molecule has 0 fully saturated rings. The van der Waals surface area contributed by atoms with E-state index >= 15 is 0 Å². The molecular weight excluding hydrogens is 480 g/mol. The summed E-state index contributed by atoms with van der Waals surface area (Å²) in [6.07, 6.45) is 4.83. The van der Waals surface area contributed by atoms with E-state index in [1.54, 1.807) is 52.5 Å². The third-order valence-corrected chi connectivity index (χ3v) is 11.6. The Morgan fingerprint density at radius 3 is 1.03 bits per heavy atom. The summed E-state index contributed by atoms with van der Waals surface area (Å²) >= 11 is 0. The van der Waals surface area contributed by atoms with Gasteiger partial charge in [0.05, 0.1) is 0 Å². The molecule has 0 atom stereocenters. The van der Waals surface area contributed by atoms with Gasteiger partial charge in [-0.2, -0.15) is 0 Å². The molecule has 0 aromatic carbocycles. The normalized spacial score (nSPS) is 12.1. The van der Waals surface area contributed by atoms with E-state index in [4.69, 9.17) is 38.0 Å². The Kier molecular flexibility index (Phi) is 17.4. The Bertz CT molecular complexity index is 504. The van der Waals surface area contributed by atoms with Gasteiger partial charge in [-0.3, -0.25) is 0 Å². The van der Waals surface area contributed by atoms with Crippen LogP contribution in [0.15, 0.2) is 0 Å². The van der Waals surface area contributed by atoms with Gasteiger partial charge in [0.25, 0.3) is 0 Å². The van der Waals surface area contributed by atoms with Gasteiger partial charge in [-0.05, 0) is 25.7 Å². The van der Waals surface area contributed by atoms with E-state index in [1.807, 2.05) is 0 Å².